The van der Waals surface area contributed by atoms with Crippen molar-refractivity contribution >= 4 is 32.8 Å². The van der Waals surface area contributed by atoms with E-state index in [9.17, 15) is 0 Å². The van der Waals surface area contributed by atoms with Crippen LogP contribution in [0.3, 0.4) is 0 Å². The van der Waals surface area contributed by atoms with E-state index in [4.69, 9.17) is 4.42 Å². The molecule has 3 heterocycles. The lowest BCUT2D eigenvalue weighted by Crippen LogP contribution is -1.92. The summed E-state index contributed by atoms with van der Waals surface area (Å²) >= 11 is 0. The number of hydrogen-bond acceptors (Lipinski definition) is 1. The molecule has 0 saturated carbocycles. The van der Waals surface area contributed by atoms with E-state index < -0.39 is 0 Å². The number of furan rings is 1. The largest absolute Gasteiger partial charge is 0.464 e. The summed E-state index contributed by atoms with van der Waals surface area (Å²) in [6.07, 6.45) is 1.72. The van der Waals surface area contributed by atoms with Crippen molar-refractivity contribution in [2.75, 3.05) is 0 Å². The Labute approximate surface area is 155 Å². The fourth-order valence-corrected chi connectivity index (χ4v) is 4.05. The Balaban J connectivity index is 1.79. The van der Waals surface area contributed by atoms with Gasteiger partial charge in [-0.2, -0.15) is 0 Å². The topological polar surface area (TPSA) is 33.9 Å². The molecule has 128 valence electrons. The first kappa shape index (κ1) is 14.4. The van der Waals surface area contributed by atoms with Crippen LogP contribution in [0, 0.1) is 0 Å². The van der Waals surface area contributed by atoms with Crippen molar-refractivity contribution in [3.63, 3.8) is 0 Å². The Hall–Kier alpha value is -3.72. The molecule has 3 nitrogen and oxygen atoms in total. The van der Waals surface area contributed by atoms with E-state index >= 15 is 0 Å². The van der Waals surface area contributed by atoms with Gasteiger partial charge in [-0.25, -0.2) is 0 Å². The molecule has 0 fully saturated rings. The van der Waals surface area contributed by atoms with Crippen molar-refractivity contribution < 1.29 is 4.42 Å². The quantitative estimate of drug-likeness (QED) is 0.379. The number of hydrogen-bond donors (Lipinski definition) is 1. The third kappa shape index (κ3) is 2.02. The van der Waals surface area contributed by atoms with E-state index in [1.165, 1.54) is 27.3 Å². The molecular weight excluding hydrogens is 332 g/mol. The van der Waals surface area contributed by atoms with Crippen molar-refractivity contribution in [1.29, 1.82) is 0 Å². The second-order valence-corrected chi connectivity index (χ2v) is 6.77. The lowest BCUT2D eigenvalue weighted by Gasteiger charge is -2.07. The van der Waals surface area contributed by atoms with Crippen LogP contribution in [0.2, 0.25) is 0 Å². The summed E-state index contributed by atoms with van der Waals surface area (Å²) in [6.45, 7) is 0. The Morgan fingerprint density at radius 2 is 1.59 bits per heavy atom. The van der Waals surface area contributed by atoms with Crippen molar-refractivity contribution in [2.45, 2.75) is 0 Å². The molecule has 0 aliphatic rings. The van der Waals surface area contributed by atoms with Crippen LogP contribution in [0.15, 0.2) is 95.6 Å². The average molecular weight is 348 g/mol. The van der Waals surface area contributed by atoms with Gasteiger partial charge in [0.25, 0.3) is 0 Å². The first-order valence-electron chi connectivity index (χ1n) is 9.04. The van der Waals surface area contributed by atoms with Gasteiger partial charge in [0.15, 0.2) is 0 Å². The summed E-state index contributed by atoms with van der Waals surface area (Å²) in [6, 6.07) is 29.4. The fraction of sp³-hybridized carbons (Fsp3) is 0. The number of nitrogens with one attached hydrogen (secondary N) is 1. The number of para-hydroxylation sites is 2. The van der Waals surface area contributed by atoms with Crippen LogP contribution in [0.4, 0.5) is 0 Å². The zero-order chi connectivity index (χ0) is 17.8. The number of fused-ring (bicyclic) bond motifs is 5. The molecule has 0 radical (unpaired) electrons. The highest BCUT2D eigenvalue weighted by molar-refractivity contribution is 6.18. The van der Waals surface area contributed by atoms with E-state index in [0.717, 1.165) is 22.5 Å². The van der Waals surface area contributed by atoms with Gasteiger partial charge in [-0.3, -0.25) is 0 Å². The molecule has 0 atom stereocenters. The Morgan fingerprint density at radius 1 is 0.741 bits per heavy atom. The van der Waals surface area contributed by atoms with Crippen LogP contribution in [0.25, 0.3) is 49.9 Å². The summed E-state index contributed by atoms with van der Waals surface area (Å²) < 4.78 is 7.96. The van der Waals surface area contributed by atoms with Gasteiger partial charge in [-0.05, 0) is 48.5 Å². The molecule has 3 aromatic heterocycles. The molecule has 0 unspecified atom stereocenters. The molecule has 0 bridgehead atoms. The maximum Gasteiger partial charge on any atom is 0.133 e. The van der Waals surface area contributed by atoms with E-state index in [0.29, 0.717) is 0 Å². The number of aromatic amines is 1. The maximum atomic E-state index is 5.61. The summed E-state index contributed by atoms with van der Waals surface area (Å²) in [5.74, 6) is 0.883. The van der Waals surface area contributed by atoms with E-state index in [-0.39, 0.29) is 0 Å². The number of H-pyrrole nitrogens is 1. The van der Waals surface area contributed by atoms with Gasteiger partial charge in [0.2, 0.25) is 0 Å². The van der Waals surface area contributed by atoms with Crippen molar-refractivity contribution in [3.8, 4) is 17.0 Å². The number of aromatic nitrogens is 2. The molecule has 0 aliphatic carbocycles. The number of benzene rings is 3. The average Bonchev–Trinajstić information content (AvgIpc) is 3.43. The van der Waals surface area contributed by atoms with E-state index in [1.54, 1.807) is 6.26 Å². The molecule has 3 heteroatoms. The van der Waals surface area contributed by atoms with Crippen molar-refractivity contribution in [2.24, 2.45) is 0 Å². The molecule has 6 aromatic rings. The minimum Gasteiger partial charge on any atom is -0.464 e. The lowest BCUT2D eigenvalue weighted by molar-refractivity contribution is 0.582. The second kappa shape index (κ2) is 5.39. The first-order valence-corrected chi connectivity index (χ1v) is 9.04. The smallest absolute Gasteiger partial charge is 0.133 e. The molecule has 0 spiro atoms. The van der Waals surface area contributed by atoms with Crippen molar-refractivity contribution in [1.82, 2.24) is 9.55 Å². The summed E-state index contributed by atoms with van der Waals surface area (Å²) in [5, 5.41) is 2.42. The third-order valence-corrected chi connectivity index (χ3v) is 5.23. The molecule has 0 saturated heterocycles. The van der Waals surface area contributed by atoms with Gasteiger partial charge in [0.1, 0.15) is 5.76 Å². The number of nitrogens with zero attached hydrogens (tertiary/aromatic N) is 1. The van der Waals surface area contributed by atoms with E-state index in [1.807, 2.05) is 12.1 Å². The SMILES string of the molecule is c1ccc(-n2c3ccccc3c3[nH]c4ccc(-c5ccco5)cc4c32)cc1. The van der Waals surface area contributed by atoms with Crippen LogP contribution < -0.4 is 0 Å². The molecule has 3 aromatic carbocycles. The Morgan fingerprint density at radius 3 is 2.44 bits per heavy atom. The zero-order valence-corrected chi connectivity index (χ0v) is 14.5. The normalized spacial score (nSPS) is 11.7. The van der Waals surface area contributed by atoms with Gasteiger partial charge in [0, 0.05) is 27.5 Å². The van der Waals surface area contributed by atoms with Crippen LogP contribution in [-0.4, -0.2) is 9.55 Å². The standard InChI is InChI=1S/C24H16N2O/c1-2-7-17(8-3-1)26-21-10-5-4-9-18(21)23-24(26)19-15-16(12-13-20(19)25-23)22-11-6-14-27-22/h1-15,25H. The van der Waals surface area contributed by atoms with Gasteiger partial charge in [-0.15, -0.1) is 0 Å². The number of rotatable bonds is 2. The van der Waals surface area contributed by atoms with Crippen LogP contribution in [-0.2, 0) is 0 Å². The zero-order valence-electron chi connectivity index (χ0n) is 14.5. The highest BCUT2D eigenvalue weighted by Crippen LogP contribution is 2.37. The van der Waals surface area contributed by atoms with Crippen LogP contribution >= 0.6 is 0 Å². The van der Waals surface area contributed by atoms with Gasteiger partial charge < -0.3 is 14.0 Å². The predicted molar refractivity (Wildman–Crippen MR) is 110 cm³/mol. The minimum absolute atomic E-state index is 0.883. The Bertz CT molecular complexity index is 1400. The fourth-order valence-electron chi connectivity index (χ4n) is 4.05. The summed E-state index contributed by atoms with van der Waals surface area (Å²) in [4.78, 5) is 3.63. The summed E-state index contributed by atoms with van der Waals surface area (Å²) in [7, 11) is 0. The molecule has 0 amide bonds. The molecule has 6 rings (SSSR count). The molecule has 0 aliphatic heterocycles. The second-order valence-electron chi connectivity index (χ2n) is 6.77. The van der Waals surface area contributed by atoms with Crippen molar-refractivity contribution in [3.05, 3.63) is 91.2 Å². The van der Waals surface area contributed by atoms with Gasteiger partial charge in [-0.1, -0.05) is 36.4 Å². The summed E-state index contributed by atoms with van der Waals surface area (Å²) in [5.41, 5.74) is 6.94. The highest BCUT2D eigenvalue weighted by atomic mass is 16.3. The molecule has 1 N–H and O–H groups in total. The van der Waals surface area contributed by atoms with Gasteiger partial charge >= 0.3 is 0 Å². The van der Waals surface area contributed by atoms with Gasteiger partial charge in [0.05, 0.1) is 22.8 Å². The molecule has 27 heavy (non-hydrogen) atoms. The first-order chi connectivity index (χ1) is 13.4. The highest BCUT2D eigenvalue weighted by Gasteiger charge is 2.17. The monoisotopic (exact) mass is 348 g/mol. The predicted octanol–water partition coefficient (Wildman–Crippen LogP) is 6.53. The Kier molecular flexibility index (Phi) is 2.88. The lowest BCUT2D eigenvalue weighted by atomic mass is 10.1. The van der Waals surface area contributed by atoms with Crippen LogP contribution in [0.1, 0.15) is 0 Å². The maximum absolute atomic E-state index is 5.61. The van der Waals surface area contributed by atoms with E-state index in [2.05, 4.69) is 82.3 Å². The minimum atomic E-state index is 0.883. The molecular formula is C24H16N2O. The van der Waals surface area contributed by atoms with Crippen LogP contribution in [0.5, 0.6) is 0 Å². The third-order valence-electron chi connectivity index (χ3n) is 5.23.